The van der Waals surface area contributed by atoms with Crippen LogP contribution in [0.25, 0.3) is 0 Å². The van der Waals surface area contributed by atoms with Gasteiger partial charge in [-0.05, 0) is 27.4 Å². The fourth-order valence-electron chi connectivity index (χ4n) is 0.755. The molecular weight excluding hydrogens is 246 g/mol. The average Bonchev–Trinajstić information content (AvgIpc) is 2.24. The van der Waals surface area contributed by atoms with Gasteiger partial charge in [-0.3, -0.25) is 13.6 Å². The smallest absolute Gasteiger partial charge is 0.363 e. The monoisotopic (exact) mass is 271 g/mol. The van der Waals surface area contributed by atoms with Crippen LogP contribution in [0.2, 0.25) is 0 Å². The van der Waals surface area contributed by atoms with Gasteiger partial charge in [-0.15, -0.1) is 0 Å². The van der Waals surface area contributed by atoms with Gasteiger partial charge in [0.05, 0.1) is 7.11 Å². The molecular formula is C10H25NO5S. The molecule has 0 bridgehead atoms. The molecule has 0 saturated carbocycles. The Balaban J connectivity index is 0. The third-order valence-corrected chi connectivity index (χ3v) is 2.47. The van der Waals surface area contributed by atoms with Crippen molar-refractivity contribution >= 4 is 10.4 Å². The van der Waals surface area contributed by atoms with Crippen LogP contribution >= 0.6 is 0 Å². The molecule has 7 heteroatoms. The first-order valence-electron chi connectivity index (χ1n) is 5.55. The van der Waals surface area contributed by atoms with Crippen LogP contribution < -0.4 is 0 Å². The van der Waals surface area contributed by atoms with E-state index in [2.05, 4.69) is 22.9 Å². The topological polar surface area (TPSA) is 76.1 Å². The highest BCUT2D eigenvalue weighted by Crippen LogP contribution is 1.98. The molecule has 0 spiro atoms. The van der Waals surface area contributed by atoms with Crippen LogP contribution in [0.15, 0.2) is 0 Å². The summed E-state index contributed by atoms with van der Waals surface area (Å²) < 4.78 is 35.2. The van der Waals surface area contributed by atoms with E-state index in [1.165, 1.54) is 19.3 Å². The zero-order valence-corrected chi connectivity index (χ0v) is 12.2. The maximum absolute atomic E-state index is 9.33. The molecule has 0 amide bonds. The van der Waals surface area contributed by atoms with Crippen LogP contribution in [0.1, 0.15) is 33.1 Å². The van der Waals surface area contributed by atoms with Crippen molar-refractivity contribution in [1.29, 1.82) is 0 Å². The van der Waals surface area contributed by atoms with Crippen molar-refractivity contribution < 1.29 is 21.9 Å². The SMILES string of the molecule is CCCCCOC(C)N(C)C.COS(=O)(=O)O. The normalized spacial score (nSPS) is 13.1. The van der Waals surface area contributed by atoms with Gasteiger partial charge in [0, 0.05) is 6.61 Å². The van der Waals surface area contributed by atoms with E-state index < -0.39 is 10.4 Å². The lowest BCUT2D eigenvalue weighted by Crippen LogP contribution is -2.27. The molecule has 0 aromatic heterocycles. The van der Waals surface area contributed by atoms with E-state index in [9.17, 15) is 8.42 Å². The van der Waals surface area contributed by atoms with E-state index in [4.69, 9.17) is 9.29 Å². The van der Waals surface area contributed by atoms with Crippen LogP contribution in [-0.4, -0.2) is 51.9 Å². The van der Waals surface area contributed by atoms with E-state index in [0.29, 0.717) is 0 Å². The molecule has 0 rings (SSSR count). The number of nitrogens with zero attached hydrogens (tertiary/aromatic N) is 1. The van der Waals surface area contributed by atoms with Crippen LogP contribution in [0.5, 0.6) is 0 Å². The average molecular weight is 271 g/mol. The fraction of sp³-hybridized carbons (Fsp3) is 1.00. The van der Waals surface area contributed by atoms with Gasteiger partial charge in [-0.2, -0.15) is 8.42 Å². The minimum Gasteiger partial charge on any atom is -0.363 e. The molecule has 0 radical (unpaired) electrons. The largest absolute Gasteiger partial charge is 0.397 e. The Bertz CT molecular complexity index is 253. The van der Waals surface area contributed by atoms with Gasteiger partial charge in [0.15, 0.2) is 0 Å². The third kappa shape index (κ3) is 18.4. The van der Waals surface area contributed by atoms with Crippen LogP contribution in [0.4, 0.5) is 0 Å². The van der Waals surface area contributed by atoms with Crippen molar-refractivity contribution in [3.05, 3.63) is 0 Å². The summed E-state index contributed by atoms with van der Waals surface area (Å²) in [6.07, 6.45) is 3.99. The van der Waals surface area contributed by atoms with E-state index in [0.717, 1.165) is 13.7 Å². The molecule has 17 heavy (non-hydrogen) atoms. The summed E-state index contributed by atoms with van der Waals surface area (Å²) in [5.74, 6) is 0. The third-order valence-electron chi connectivity index (χ3n) is 2.04. The maximum atomic E-state index is 9.33. The summed E-state index contributed by atoms with van der Waals surface area (Å²) in [6, 6.07) is 0. The minimum atomic E-state index is -4.16. The summed E-state index contributed by atoms with van der Waals surface area (Å²) in [6.45, 7) is 5.18. The van der Waals surface area contributed by atoms with Gasteiger partial charge >= 0.3 is 10.4 Å². The lowest BCUT2D eigenvalue weighted by atomic mass is 10.3. The number of ether oxygens (including phenoxy) is 1. The Labute approximate surface area is 105 Å². The molecule has 6 nitrogen and oxygen atoms in total. The number of hydrogen-bond acceptors (Lipinski definition) is 5. The summed E-state index contributed by atoms with van der Waals surface area (Å²) in [5.41, 5.74) is 0. The molecule has 0 aromatic rings. The standard InChI is InChI=1S/C9H21NO.CH4O4S/c1-5-6-7-8-11-9(2)10(3)4;1-5-6(2,3)4/h9H,5-8H2,1-4H3;1H3,(H,2,3,4). The predicted octanol–water partition coefficient (Wildman–Crippen LogP) is 1.54. The molecule has 1 unspecified atom stereocenters. The predicted molar refractivity (Wildman–Crippen MR) is 67.2 cm³/mol. The van der Waals surface area contributed by atoms with Crippen LogP contribution in [0.3, 0.4) is 0 Å². The van der Waals surface area contributed by atoms with Gasteiger partial charge in [0.2, 0.25) is 0 Å². The zero-order chi connectivity index (χ0) is 13.9. The van der Waals surface area contributed by atoms with E-state index in [1.54, 1.807) is 0 Å². The lowest BCUT2D eigenvalue weighted by Gasteiger charge is -2.19. The van der Waals surface area contributed by atoms with Crippen molar-refractivity contribution in [2.45, 2.75) is 39.3 Å². The molecule has 0 saturated heterocycles. The molecule has 0 heterocycles. The molecule has 0 aliphatic rings. The first-order valence-corrected chi connectivity index (χ1v) is 6.92. The first kappa shape index (κ1) is 19.1. The maximum Gasteiger partial charge on any atom is 0.397 e. The zero-order valence-electron chi connectivity index (χ0n) is 11.3. The van der Waals surface area contributed by atoms with E-state index in [-0.39, 0.29) is 6.23 Å². The highest BCUT2D eigenvalue weighted by molar-refractivity contribution is 7.80. The molecule has 0 fully saturated rings. The Morgan fingerprint density at radius 1 is 1.29 bits per heavy atom. The Morgan fingerprint density at radius 3 is 2.06 bits per heavy atom. The molecule has 106 valence electrons. The Hall–Kier alpha value is -0.210. The Morgan fingerprint density at radius 2 is 1.76 bits per heavy atom. The summed E-state index contributed by atoms with van der Waals surface area (Å²) >= 11 is 0. The number of unbranched alkanes of at least 4 members (excludes halogenated alkanes) is 2. The van der Waals surface area contributed by atoms with Gasteiger partial charge in [0.1, 0.15) is 6.23 Å². The molecule has 1 N–H and O–H groups in total. The van der Waals surface area contributed by atoms with Gasteiger partial charge < -0.3 is 4.74 Å². The first-order chi connectivity index (χ1) is 7.74. The highest BCUT2D eigenvalue weighted by Gasteiger charge is 2.02. The van der Waals surface area contributed by atoms with E-state index >= 15 is 0 Å². The fourth-order valence-corrected chi connectivity index (χ4v) is 0.755. The Kier molecular flexibility index (Phi) is 12.3. The van der Waals surface area contributed by atoms with Crippen molar-refractivity contribution in [3.8, 4) is 0 Å². The molecule has 1 atom stereocenters. The second kappa shape index (κ2) is 10.9. The van der Waals surface area contributed by atoms with Gasteiger partial charge in [0.25, 0.3) is 0 Å². The van der Waals surface area contributed by atoms with Crippen molar-refractivity contribution in [2.75, 3.05) is 27.8 Å². The number of rotatable bonds is 7. The molecule has 0 aliphatic heterocycles. The number of hydrogen-bond donors (Lipinski definition) is 1. The summed E-state index contributed by atoms with van der Waals surface area (Å²) in [7, 11) is 0.773. The van der Waals surface area contributed by atoms with Crippen molar-refractivity contribution in [2.24, 2.45) is 0 Å². The van der Waals surface area contributed by atoms with Crippen LogP contribution in [0, 0.1) is 0 Å². The van der Waals surface area contributed by atoms with Gasteiger partial charge in [-0.1, -0.05) is 19.8 Å². The summed E-state index contributed by atoms with van der Waals surface area (Å²) in [5, 5.41) is 0. The quantitative estimate of drug-likeness (QED) is 0.430. The van der Waals surface area contributed by atoms with Crippen molar-refractivity contribution in [3.63, 3.8) is 0 Å². The molecule has 0 aliphatic carbocycles. The minimum absolute atomic E-state index is 0.256. The molecule has 0 aromatic carbocycles. The highest BCUT2D eigenvalue weighted by atomic mass is 32.3. The van der Waals surface area contributed by atoms with E-state index in [1.807, 2.05) is 14.1 Å². The second-order valence-corrected chi connectivity index (χ2v) is 4.92. The van der Waals surface area contributed by atoms with Crippen molar-refractivity contribution in [1.82, 2.24) is 4.90 Å². The second-order valence-electron chi connectivity index (χ2n) is 3.74. The lowest BCUT2D eigenvalue weighted by molar-refractivity contribution is -0.0239. The van der Waals surface area contributed by atoms with Gasteiger partial charge in [-0.25, -0.2) is 0 Å². The summed E-state index contributed by atoms with van der Waals surface area (Å²) in [4.78, 5) is 2.08. The van der Waals surface area contributed by atoms with Crippen LogP contribution in [-0.2, 0) is 19.3 Å².